The van der Waals surface area contributed by atoms with Crippen molar-refractivity contribution in [1.29, 1.82) is 0 Å². The Kier molecular flexibility index (Phi) is 4.45. The summed E-state index contributed by atoms with van der Waals surface area (Å²) >= 11 is 0. The first kappa shape index (κ1) is 18.9. The van der Waals surface area contributed by atoms with Gasteiger partial charge in [-0.25, -0.2) is 4.79 Å². The molecule has 2 atom stereocenters. The Balaban J connectivity index is 1.47. The van der Waals surface area contributed by atoms with Crippen LogP contribution in [0.25, 0.3) is 11.0 Å². The molecular weight excluding hydrogens is 391 g/mol. The third-order valence-electron chi connectivity index (χ3n) is 4.67. The zero-order valence-corrected chi connectivity index (χ0v) is 14.7. The van der Waals surface area contributed by atoms with Crippen molar-refractivity contribution in [2.45, 2.75) is 18.7 Å². The Labute approximate surface area is 161 Å². The van der Waals surface area contributed by atoms with E-state index in [9.17, 15) is 22.8 Å². The minimum atomic E-state index is -4.81. The monoisotopic (exact) mass is 405 g/mol. The van der Waals surface area contributed by atoms with Crippen molar-refractivity contribution in [2.75, 3.05) is 5.32 Å². The summed E-state index contributed by atoms with van der Waals surface area (Å²) in [6, 6.07) is 11.8. The molecule has 29 heavy (non-hydrogen) atoms. The Morgan fingerprint density at radius 1 is 1.14 bits per heavy atom. The molecule has 0 radical (unpaired) electrons. The molecule has 2 unspecified atom stereocenters. The van der Waals surface area contributed by atoms with Crippen LogP contribution in [0.1, 0.15) is 28.5 Å². The van der Waals surface area contributed by atoms with E-state index >= 15 is 0 Å². The minimum Gasteiger partial charge on any atom is -0.475 e. The lowest BCUT2D eigenvalue weighted by Gasteiger charge is -2.13. The van der Waals surface area contributed by atoms with Gasteiger partial charge in [-0.1, -0.05) is 18.2 Å². The molecule has 1 amide bonds. The number of rotatable bonds is 5. The maximum absolute atomic E-state index is 12.6. The van der Waals surface area contributed by atoms with Gasteiger partial charge in [-0.05, 0) is 48.2 Å². The molecule has 150 valence electrons. The molecule has 2 aromatic carbocycles. The van der Waals surface area contributed by atoms with Crippen LogP contribution in [0.3, 0.4) is 0 Å². The number of halogens is 3. The molecule has 3 aromatic rings. The molecule has 0 bridgehead atoms. The SMILES string of the molecule is O=C(O)c1cc2cc(NC(=O)C3CC3c3ccccc3OC(F)(F)F)ccc2o1. The van der Waals surface area contributed by atoms with E-state index in [1.54, 1.807) is 18.2 Å². The van der Waals surface area contributed by atoms with Crippen LogP contribution >= 0.6 is 0 Å². The molecule has 1 heterocycles. The predicted octanol–water partition coefficient (Wildman–Crippen LogP) is 4.77. The van der Waals surface area contributed by atoms with Crippen molar-refractivity contribution in [3.63, 3.8) is 0 Å². The molecule has 1 aliphatic rings. The van der Waals surface area contributed by atoms with Crippen LogP contribution in [-0.2, 0) is 4.79 Å². The molecule has 2 N–H and O–H groups in total. The number of hydrogen-bond acceptors (Lipinski definition) is 4. The molecular formula is C20H14F3NO5. The standard InChI is InChI=1S/C20H14F3NO5/c21-20(22,23)29-16-4-2-1-3-12(16)13-9-14(13)18(25)24-11-5-6-15-10(7-11)8-17(28-15)19(26)27/h1-8,13-14H,9H2,(H,24,25)(H,26,27). The lowest BCUT2D eigenvalue weighted by Crippen LogP contribution is -2.18. The molecule has 1 aliphatic carbocycles. The summed E-state index contributed by atoms with van der Waals surface area (Å²) in [7, 11) is 0. The van der Waals surface area contributed by atoms with Gasteiger partial charge in [-0.2, -0.15) is 0 Å². The molecule has 1 aromatic heterocycles. The van der Waals surface area contributed by atoms with Crippen molar-refractivity contribution < 1.29 is 37.0 Å². The summed E-state index contributed by atoms with van der Waals surface area (Å²) < 4.78 is 47.0. The number of para-hydroxylation sites is 1. The molecule has 0 saturated heterocycles. The van der Waals surface area contributed by atoms with Crippen LogP contribution in [0.2, 0.25) is 0 Å². The van der Waals surface area contributed by atoms with Gasteiger partial charge in [-0.15, -0.1) is 13.2 Å². The maximum Gasteiger partial charge on any atom is 0.573 e. The third kappa shape index (κ3) is 4.03. The van der Waals surface area contributed by atoms with Gasteiger partial charge in [0, 0.05) is 17.0 Å². The van der Waals surface area contributed by atoms with Crippen molar-refractivity contribution in [3.8, 4) is 5.75 Å². The fourth-order valence-electron chi connectivity index (χ4n) is 3.29. The van der Waals surface area contributed by atoms with E-state index in [0.717, 1.165) is 0 Å². The quantitative estimate of drug-likeness (QED) is 0.638. The van der Waals surface area contributed by atoms with Gasteiger partial charge in [0.2, 0.25) is 11.7 Å². The Hall–Kier alpha value is -3.49. The molecule has 6 nitrogen and oxygen atoms in total. The molecule has 0 spiro atoms. The smallest absolute Gasteiger partial charge is 0.475 e. The average Bonchev–Trinajstić information content (AvgIpc) is 3.32. The summed E-state index contributed by atoms with van der Waals surface area (Å²) in [6.45, 7) is 0. The fourth-order valence-corrected chi connectivity index (χ4v) is 3.29. The van der Waals surface area contributed by atoms with Gasteiger partial charge in [0.25, 0.3) is 0 Å². The second-order valence-corrected chi connectivity index (χ2v) is 6.69. The highest BCUT2D eigenvalue weighted by Gasteiger charge is 2.46. The summed E-state index contributed by atoms with van der Waals surface area (Å²) in [4.78, 5) is 23.5. The molecule has 4 rings (SSSR count). The highest BCUT2D eigenvalue weighted by Crippen LogP contribution is 2.51. The number of carboxylic acids is 1. The maximum atomic E-state index is 12.6. The highest BCUT2D eigenvalue weighted by atomic mass is 19.4. The molecule has 1 saturated carbocycles. The zero-order chi connectivity index (χ0) is 20.8. The first-order chi connectivity index (χ1) is 13.7. The van der Waals surface area contributed by atoms with E-state index in [1.165, 1.54) is 30.3 Å². The lowest BCUT2D eigenvalue weighted by molar-refractivity contribution is -0.274. The van der Waals surface area contributed by atoms with Crippen LogP contribution < -0.4 is 10.1 Å². The number of nitrogens with one attached hydrogen (secondary N) is 1. The Morgan fingerprint density at radius 3 is 2.62 bits per heavy atom. The first-order valence-corrected chi connectivity index (χ1v) is 8.64. The summed E-state index contributed by atoms with van der Waals surface area (Å²) in [5.74, 6) is -2.91. The number of hydrogen-bond donors (Lipinski definition) is 2. The van der Waals surface area contributed by atoms with E-state index in [-0.39, 0.29) is 23.3 Å². The van der Waals surface area contributed by atoms with Gasteiger partial charge in [0.05, 0.1) is 0 Å². The van der Waals surface area contributed by atoms with Gasteiger partial charge < -0.3 is 19.6 Å². The van der Waals surface area contributed by atoms with Crippen molar-refractivity contribution >= 4 is 28.5 Å². The van der Waals surface area contributed by atoms with Gasteiger partial charge >= 0.3 is 12.3 Å². The number of aromatic carboxylic acids is 1. The number of ether oxygens (including phenoxy) is 1. The second-order valence-electron chi connectivity index (χ2n) is 6.69. The third-order valence-corrected chi connectivity index (χ3v) is 4.67. The number of carbonyl (C=O) groups is 2. The van der Waals surface area contributed by atoms with Crippen LogP contribution in [0.15, 0.2) is 52.9 Å². The largest absolute Gasteiger partial charge is 0.573 e. The van der Waals surface area contributed by atoms with Gasteiger partial charge in [0.15, 0.2) is 0 Å². The second kappa shape index (κ2) is 6.84. The van der Waals surface area contributed by atoms with E-state index < -0.39 is 18.2 Å². The van der Waals surface area contributed by atoms with Crippen molar-refractivity contribution in [2.24, 2.45) is 5.92 Å². The summed E-state index contributed by atoms with van der Waals surface area (Å²) in [5.41, 5.74) is 1.13. The number of benzene rings is 2. The number of alkyl halides is 3. The van der Waals surface area contributed by atoms with E-state index in [2.05, 4.69) is 10.1 Å². The Bertz CT molecular complexity index is 1100. The lowest BCUT2D eigenvalue weighted by atomic mass is 10.1. The molecule has 0 aliphatic heterocycles. The van der Waals surface area contributed by atoms with Crippen LogP contribution in [0.5, 0.6) is 5.75 Å². The van der Waals surface area contributed by atoms with Crippen LogP contribution in [-0.4, -0.2) is 23.3 Å². The van der Waals surface area contributed by atoms with Gasteiger partial charge in [0.1, 0.15) is 11.3 Å². The van der Waals surface area contributed by atoms with E-state index in [1.807, 2.05) is 0 Å². The Morgan fingerprint density at radius 2 is 1.90 bits per heavy atom. The summed E-state index contributed by atoms with van der Waals surface area (Å²) in [6.07, 6.45) is -4.40. The molecule has 1 fully saturated rings. The van der Waals surface area contributed by atoms with Crippen LogP contribution in [0, 0.1) is 5.92 Å². The number of furan rings is 1. The zero-order valence-electron chi connectivity index (χ0n) is 14.7. The van der Waals surface area contributed by atoms with E-state index in [4.69, 9.17) is 9.52 Å². The molecule has 9 heteroatoms. The van der Waals surface area contributed by atoms with Crippen molar-refractivity contribution in [3.05, 3.63) is 59.9 Å². The average molecular weight is 405 g/mol. The normalized spacial score (nSPS) is 18.4. The van der Waals surface area contributed by atoms with Crippen LogP contribution in [0.4, 0.5) is 18.9 Å². The van der Waals surface area contributed by atoms with Gasteiger partial charge in [-0.3, -0.25) is 4.79 Å². The number of fused-ring (bicyclic) bond motifs is 1. The number of anilines is 1. The number of carbonyl (C=O) groups excluding carboxylic acids is 1. The predicted molar refractivity (Wildman–Crippen MR) is 95.8 cm³/mol. The topological polar surface area (TPSA) is 88.8 Å². The van der Waals surface area contributed by atoms with Crippen molar-refractivity contribution in [1.82, 2.24) is 0 Å². The highest BCUT2D eigenvalue weighted by molar-refractivity contribution is 5.98. The minimum absolute atomic E-state index is 0.216. The fraction of sp³-hybridized carbons (Fsp3) is 0.200. The van der Waals surface area contributed by atoms with E-state index in [0.29, 0.717) is 28.6 Å². The number of amides is 1. The summed E-state index contributed by atoms with van der Waals surface area (Å²) in [5, 5.41) is 12.2. The first-order valence-electron chi connectivity index (χ1n) is 8.64. The number of carboxylic acid groups (broad SMARTS) is 1.